The molecule has 0 bridgehead atoms. The topological polar surface area (TPSA) is 120 Å². The third kappa shape index (κ3) is 6.49. The predicted molar refractivity (Wildman–Crippen MR) is 152 cm³/mol. The maximum Gasteiger partial charge on any atom is 0.280 e. The molecule has 5 rings (SSSR count). The van der Waals surface area contributed by atoms with E-state index in [4.69, 9.17) is 11.6 Å². The molecule has 3 amide bonds. The smallest absolute Gasteiger partial charge is 0.280 e. The first-order chi connectivity index (χ1) is 18.2. The molecule has 1 aromatic carbocycles. The van der Waals surface area contributed by atoms with Crippen LogP contribution in [0.4, 0.5) is 0 Å². The largest absolute Gasteiger partial charge is 0.349 e. The summed E-state index contributed by atoms with van der Waals surface area (Å²) in [6.45, 7) is 1.69. The average Bonchev–Trinajstić information content (AvgIpc) is 3.32. The van der Waals surface area contributed by atoms with Crippen LogP contribution in [0.3, 0.4) is 0 Å². The summed E-state index contributed by atoms with van der Waals surface area (Å²) in [5, 5.41) is 16.0. The van der Waals surface area contributed by atoms with E-state index < -0.39 is 6.04 Å². The standard InChI is InChI=1S/C26H30ClN7O3S.ClH/c1-33(2)26(37)15-5-7-17(28-23(35)21-10-14-4-6-16(27)12-19(14)31-32-21)20(11-15)29-24(36)25-30-18-8-9-34(3)13-22(18)38-25;/h4,6,10,12,15,17,20H,5,7-9,11,13H2,1-3H3,(H,28,35)(H,29,36);1H/t15-,17-,20+;/m0./s1. The molecule has 3 aromatic rings. The number of hydrogen-bond donors (Lipinski definition) is 2. The van der Waals surface area contributed by atoms with Gasteiger partial charge in [-0.15, -0.1) is 33.9 Å². The van der Waals surface area contributed by atoms with Gasteiger partial charge in [0.15, 0.2) is 10.7 Å². The molecule has 1 saturated carbocycles. The van der Waals surface area contributed by atoms with E-state index in [-0.39, 0.29) is 47.8 Å². The summed E-state index contributed by atoms with van der Waals surface area (Å²) in [6, 6.07) is 6.06. The molecule has 3 heterocycles. The van der Waals surface area contributed by atoms with Crippen LogP contribution in [0.2, 0.25) is 5.02 Å². The number of fused-ring (bicyclic) bond motifs is 2. The Morgan fingerprint density at radius 1 is 1.08 bits per heavy atom. The second-order valence-corrected chi connectivity index (χ2v) is 11.7. The minimum absolute atomic E-state index is 0. The van der Waals surface area contributed by atoms with Gasteiger partial charge in [-0.1, -0.05) is 17.7 Å². The molecule has 2 N–H and O–H groups in total. The molecule has 0 unspecified atom stereocenters. The summed E-state index contributed by atoms with van der Waals surface area (Å²) in [4.78, 5) is 48.7. The Kier molecular flexibility index (Phi) is 9.05. The molecule has 13 heteroatoms. The Labute approximate surface area is 241 Å². The van der Waals surface area contributed by atoms with Crippen LogP contribution in [0.15, 0.2) is 24.3 Å². The van der Waals surface area contributed by atoms with Gasteiger partial charge in [0.25, 0.3) is 11.8 Å². The lowest BCUT2D eigenvalue weighted by Crippen LogP contribution is -2.56. The van der Waals surface area contributed by atoms with E-state index >= 15 is 0 Å². The second-order valence-electron chi connectivity index (χ2n) is 10.2. The Morgan fingerprint density at radius 2 is 1.85 bits per heavy atom. The number of hydrogen-bond acceptors (Lipinski definition) is 8. The van der Waals surface area contributed by atoms with Crippen molar-refractivity contribution in [2.24, 2.45) is 5.92 Å². The van der Waals surface area contributed by atoms with E-state index in [1.807, 2.05) is 0 Å². The van der Waals surface area contributed by atoms with Gasteiger partial charge in [-0.25, -0.2) is 4.98 Å². The summed E-state index contributed by atoms with van der Waals surface area (Å²) in [7, 11) is 5.51. The minimum Gasteiger partial charge on any atom is -0.349 e. The molecule has 2 aliphatic rings. The van der Waals surface area contributed by atoms with Crippen LogP contribution in [0.25, 0.3) is 10.9 Å². The average molecular weight is 593 g/mol. The van der Waals surface area contributed by atoms with E-state index in [2.05, 4.69) is 37.8 Å². The molecule has 0 saturated heterocycles. The first-order valence-corrected chi connectivity index (χ1v) is 13.8. The molecular formula is C26H31Cl2N7O3S. The summed E-state index contributed by atoms with van der Waals surface area (Å²) < 4.78 is 0. The van der Waals surface area contributed by atoms with Crippen LogP contribution >= 0.6 is 35.3 Å². The summed E-state index contributed by atoms with van der Waals surface area (Å²) in [5.74, 6) is -0.895. The number of rotatable bonds is 5. The van der Waals surface area contributed by atoms with Crippen molar-refractivity contribution in [2.45, 2.75) is 44.3 Å². The number of aromatic nitrogens is 3. The lowest BCUT2D eigenvalue weighted by molar-refractivity contribution is -0.134. The third-order valence-electron chi connectivity index (χ3n) is 7.17. The van der Waals surface area contributed by atoms with Crippen molar-refractivity contribution in [2.75, 3.05) is 27.7 Å². The van der Waals surface area contributed by atoms with Crippen molar-refractivity contribution >= 4 is 64.0 Å². The molecule has 0 radical (unpaired) electrons. The third-order valence-corrected chi connectivity index (χ3v) is 8.49. The van der Waals surface area contributed by atoms with Crippen molar-refractivity contribution in [3.63, 3.8) is 0 Å². The highest BCUT2D eigenvalue weighted by atomic mass is 35.5. The molecule has 2 aromatic heterocycles. The fourth-order valence-corrected chi connectivity index (χ4v) is 6.36. The minimum atomic E-state index is -0.440. The number of carbonyl (C=O) groups is 3. The first-order valence-electron chi connectivity index (χ1n) is 12.6. The number of benzene rings is 1. The lowest BCUT2D eigenvalue weighted by atomic mass is 9.81. The van der Waals surface area contributed by atoms with Crippen molar-refractivity contribution in [1.82, 2.24) is 35.6 Å². The SMILES string of the molecule is CN1CCc2nc(C(=O)N[C@@H]3C[C@@H](C(=O)N(C)C)CC[C@@H]3NC(=O)c3cc4ccc(Cl)cc4nn3)sc2C1.Cl. The number of likely N-dealkylation sites (N-methyl/N-ethyl adjacent to an activating group) is 1. The number of nitrogens with zero attached hydrogens (tertiary/aromatic N) is 5. The van der Waals surface area contributed by atoms with Crippen LogP contribution < -0.4 is 10.6 Å². The Balaban J connectivity index is 0.00000353. The molecule has 0 spiro atoms. The zero-order valence-electron chi connectivity index (χ0n) is 21.9. The van der Waals surface area contributed by atoms with E-state index in [1.165, 1.54) is 11.3 Å². The second kappa shape index (κ2) is 12.1. The molecule has 208 valence electrons. The maximum atomic E-state index is 13.3. The van der Waals surface area contributed by atoms with Crippen LogP contribution in [-0.2, 0) is 17.8 Å². The number of halogens is 2. The van der Waals surface area contributed by atoms with Crippen molar-refractivity contribution < 1.29 is 14.4 Å². The molecular weight excluding hydrogens is 561 g/mol. The van der Waals surface area contributed by atoms with E-state index in [0.717, 1.165) is 35.5 Å². The summed E-state index contributed by atoms with van der Waals surface area (Å²) in [5.41, 5.74) is 1.75. The predicted octanol–water partition coefficient (Wildman–Crippen LogP) is 2.93. The van der Waals surface area contributed by atoms with Crippen molar-refractivity contribution in [1.29, 1.82) is 0 Å². The van der Waals surface area contributed by atoms with Gasteiger partial charge in [0.05, 0.1) is 17.3 Å². The first kappa shape index (κ1) is 29.1. The van der Waals surface area contributed by atoms with Crippen molar-refractivity contribution in [3.05, 3.63) is 50.6 Å². The molecule has 10 nitrogen and oxygen atoms in total. The van der Waals surface area contributed by atoms with Gasteiger partial charge < -0.3 is 20.4 Å². The number of nitrogens with one attached hydrogen (secondary N) is 2. The van der Waals surface area contributed by atoms with Gasteiger partial charge in [0.1, 0.15) is 0 Å². The van der Waals surface area contributed by atoms with E-state index in [0.29, 0.717) is 34.8 Å². The maximum absolute atomic E-state index is 13.3. The zero-order chi connectivity index (χ0) is 27.0. The fourth-order valence-electron chi connectivity index (χ4n) is 5.11. The highest BCUT2D eigenvalue weighted by Crippen LogP contribution is 2.29. The monoisotopic (exact) mass is 591 g/mol. The number of thiazole rings is 1. The highest BCUT2D eigenvalue weighted by molar-refractivity contribution is 7.13. The van der Waals surface area contributed by atoms with Gasteiger partial charge in [-0.3, -0.25) is 14.4 Å². The van der Waals surface area contributed by atoms with Gasteiger partial charge in [0.2, 0.25) is 5.91 Å². The van der Waals surface area contributed by atoms with Crippen LogP contribution in [0, 0.1) is 5.92 Å². The van der Waals surface area contributed by atoms with Gasteiger partial charge in [0, 0.05) is 60.9 Å². The van der Waals surface area contributed by atoms with E-state index in [9.17, 15) is 14.4 Å². The van der Waals surface area contributed by atoms with Crippen molar-refractivity contribution in [3.8, 4) is 0 Å². The van der Waals surface area contributed by atoms with Gasteiger partial charge in [-0.2, -0.15) is 0 Å². The Hall–Kier alpha value is -2.86. The molecule has 1 aliphatic heterocycles. The number of amides is 3. The molecule has 39 heavy (non-hydrogen) atoms. The normalized spacial score (nSPS) is 21.0. The Morgan fingerprint density at radius 3 is 2.62 bits per heavy atom. The fraction of sp³-hybridized carbons (Fsp3) is 0.462. The van der Waals surface area contributed by atoms with Crippen LogP contribution in [-0.4, -0.2) is 82.5 Å². The lowest BCUT2D eigenvalue weighted by Gasteiger charge is -2.37. The van der Waals surface area contributed by atoms with Gasteiger partial charge >= 0.3 is 0 Å². The summed E-state index contributed by atoms with van der Waals surface area (Å²) in [6.07, 6.45) is 2.38. The van der Waals surface area contributed by atoms with Crippen LogP contribution in [0.5, 0.6) is 0 Å². The van der Waals surface area contributed by atoms with Crippen LogP contribution in [0.1, 0.15) is 50.1 Å². The zero-order valence-corrected chi connectivity index (χ0v) is 24.3. The van der Waals surface area contributed by atoms with Gasteiger partial charge in [-0.05, 0) is 44.5 Å². The number of carbonyl (C=O) groups excluding carboxylic acids is 3. The highest BCUT2D eigenvalue weighted by Gasteiger charge is 2.37. The molecule has 1 aliphatic carbocycles. The molecule has 1 fully saturated rings. The molecule has 3 atom stereocenters. The quantitative estimate of drug-likeness (QED) is 0.468. The Bertz CT molecular complexity index is 1400. The summed E-state index contributed by atoms with van der Waals surface area (Å²) >= 11 is 7.43. The van der Waals surface area contributed by atoms with E-state index in [1.54, 1.807) is 43.3 Å².